The van der Waals surface area contributed by atoms with Gasteiger partial charge in [0.15, 0.2) is 5.65 Å². The summed E-state index contributed by atoms with van der Waals surface area (Å²) in [7, 11) is 0. The van der Waals surface area contributed by atoms with Crippen molar-refractivity contribution in [3.05, 3.63) is 57.7 Å². The third-order valence-corrected chi connectivity index (χ3v) is 5.27. The van der Waals surface area contributed by atoms with Gasteiger partial charge in [0.2, 0.25) is 5.91 Å². The number of rotatable bonds is 5. The highest BCUT2D eigenvalue weighted by atomic mass is 16.5. The number of ether oxygens (including phenoxy) is 1. The highest BCUT2D eigenvalue weighted by Crippen LogP contribution is 2.29. The van der Waals surface area contributed by atoms with E-state index in [0.717, 1.165) is 35.8 Å². The van der Waals surface area contributed by atoms with Crippen molar-refractivity contribution in [2.24, 2.45) is 5.92 Å². The molecule has 29 heavy (non-hydrogen) atoms. The van der Waals surface area contributed by atoms with Gasteiger partial charge in [0.05, 0.1) is 11.4 Å². The van der Waals surface area contributed by atoms with Crippen molar-refractivity contribution >= 4 is 17.2 Å². The van der Waals surface area contributed by atoms with Gasteiger partial charge >= 0.3 is 0 Å². The smallest absolute Gasteiger partial charge is 0.287 e. The number of hydrogen-bond donors (Lipinski definition) is 1. The number of hydrogen-bond acceptors (Lipinski definition) is 5. The molecule has 7 nitrogen and oxygen atoms in total. The van der Waals surface area contributed by atoms with E-state index in [1.54, 1.807) is 13.0 Å². The Balaban J connectivity index is 1.51. The van der Waals surface area contributed by atoms with Gasteiger partial charge in [0.1, 0.15) is 18.1 Å². The molecule has 0 bridgehead atoms. The summed E-state index contributed by atoms with van der Waals surface area (Å²) < 4.78 is 12.4. The lowest BCUT2D eigenvalue weighted by Gasteiger charge is -2.21. The first kappa shape index (κ1) is 19.2. The SMILES string of the molecule is Cc1ccc(OCc2cc(=O)n3oc(C)cc3n2)c(NC(=O)C2CCCCC2)c1. The third kappa shape index (κ3) is 4.34. The Hall–Kier alpha value is -3.09. The average molecular weight is 395 g/mol. The Labute approximate surface area is 168 Å². The summed E-state index contributed by atoms with van der Waals surface area (Å²) >= 11 is 0. The van der Waals surface area contributed by atoms with Gasteiger partial charge in [-0.15, -0.1) is 4.57 Å². The largest absolute Gasteiger partial charge is 0.485 e. The van der Waals surface area contributed by atoms with E-state index >= 15 is 0 Å². The molecule has 4 rings (SSSR count). The van der Waals surface area contributed by atoms with Crippen molar-refractivity contribution in [3.8, 4) is 5.75 Å². The maximum absolute atomic E-state index is 12.7. The molecule has 7 heteroatoms. The number of carbonyl (C=O) groups is 1. The molecule has 1 aromatic carbocycles. The molecular formula is C22H25N3O4. The molecule has 1 saturated carbocycles. The van der Waals surface area contributed by atoms with E-state index in [1.165, 1.54) is 12.5 Å². The molecule has 0 atom stereocenters. The van der Waals surface area contributed by atoms with Gasteiger partial charge in [-0.3, -0.25) is 9.59 Å². The second-order valence-electron chi connectivity index (χ2n) is 7.70. The maximum atomic E-state index is 12.7. The van der Waals surface area contributed by atoms with Crippen LogP contribution >= 0.6 is 0 Å². The zero-order valence-electron chi connectivity index (χ0n) is 16.7. The summed E-state index contributed by atoms with van der Waals surface area (Å²) in [4.78, 5) is 29.2. The molecule has 3 aromatic rings. The highest BCUT2D eigenvalue weighted by Gasteiger charge is 2.22. The molecule has 1 aliphatic rings. The van der Waals surface area contributed by atoms with E-state index in [-0.39, 0.29) is 24.0 Å². The summed E-state index contributed by atoms with van der Waals surface area (Å²) in [6.07, 6.45) is 5.28. The van der Waals surface area contributed by atoms with Crippen molar-refractivity contribution in [3.63, 3.8) is 0 Å². The standard InChI is InChI=1S/C22H25N3O4/c1-14-8-9-19(18(10-14)24-22(27)16-6-4-3-5-7-16)28-13-17-12-21(26)25-20(23-17)11-15(2)29-25/h8-12,16H,3-7,13H2,1-2H3,(H,24,27). The van der Waals surface area contributed by atoms with Gasteiger partial charge in [-0.25, -0.2) is 4.98 Å². The van der Waals surface area contributed by atoms with Crippen molar-refractivity contribution in [1.82, 2.24) is 9.56 Å². The summed E-state index contributed by atoms with van der Waals surface area (Å²) in [6, 6.07) is 8.76. The summed E-state index contributed by atoms with van der Waals surface area (Å²) in [6.45, 7) is 3.85. The first-order chi connectivity index (χ1) is 14.0. The summed E-state index contributed by atoms with van der Waals surface area (Å²) in [5.41, 5.74) is 2.33. The highest BCUT2D eigenvalue weighted by molar-refractivity contribution is 5.94. The Bertz CT molecular complexity index is 1090. The van der Waals surface area contributed by atoms with Crippen LogP contribution in [0.1, 0.15) is 49.1 Å². The Kier molecular flexibility index (Phi) is 5.38. The van der Waals surface area contributed by atoms with Crippen LogP contribution in [0.5, 0.6) is 5.75 Å². The molecule has 1 aliphatic carbocycles. The van der Waals surface area contributed by atoms with Gasteiger partial charge in [-0.05, 0) is 44.4 Å². The van der Waals surface area contributed by atoms with Gasteiger partial charge < -0.3 is 14.6 Å². The fourth-order valence-corrected chi connectivity index (χ4v) is 3.77. The van der Waals surface area contributed by atoms with Gasteiger partial charge in [0, 0.05) is 18.1 Å². The zero-order chi connectivity index (χ0) is 20.4. The normalized spacial score (nSPS) is 14.8. The van der Waals surface area contributed by atoms with Gasteiger partial charge in [-0.2, -0.15) is 0 Å². The van der Waals surface area contributed by atoms with Crippen molar-refractivity contribution in [2.45, 2.75) is 52.6 Å². The Morgan fingerprint density at radius 2 is 2.00 bits per heavy atom. The molecule has 0 saturated heterocycles. The number of amides is 1. The second-order valence-corrected chi connectivity index (χ2v) is 7.70. The number of aromatic nitrogens is 2. The molecule has 0 unspecified atom stereocenters. The topological polar surface area (TPSA) is 85.8 Å². The molecule has 0 aliphatic heterocycles. The van der Waals surface area contributed by atoms with Gasteiger partial charge in [-0.1, -0.05) is 25.3 Å². The molecule has 1 fully saturated rings. The van der Waals surface area contributed by atoms with Crippen LogP contribution in [-0.4, -0.2) is 15.5 Å². The van der Waals surface area contributed by atoms with Crippen LogP contribution < -0.4 is 15.6 Å². The zero-order valence-corrected chi connectivity index (χ0v) is 16.7. The predicted molar refractivity (Wildman–Crippen MR) is 109 cm³/mol. The lowest BCUT2D eigenvalue weighted by atomic mass is 9.88. The molecule has 2 heterocycles. The number of aryl methyl sites for hydroxylation is 2. The van der Waals surface area contributed by atoms with Crippen molar-refractivity contribution < 1.29 is 14.1 Å². The first-order valence-electron chi connectivity index (χ1n) is 10.0. The summed E-state index contributed by atoms with van der Waals surface area (Å²) in [5, 5.41) is 3.04. The average Bonchev–Trinajstić information content (AvgIpc) is 3.09. The number of benzene rings is 1. The van der Waals surface area contributed by atoms with E-state index in [2.05, 4.69) is 10.3 Å². The quantitative estimate of drug-likeness (QED) is 0.706. The Morgan fingerprint density at radius 3 is 2.79 bits per heavy atom. The number of nitrogens with zero attached hydrogens (tertiary/aromatic N) is 2. The van der Waals surface area contributed by atoms with Crippen LogP contribution in [0.15, 0.2) is 39.6 Å². The van der Waals surface area contributed by atoms with Gasteiger partial charge in [0.25, 0.3) is 5.56 Å². The predicted octanol–water partition coefficient (Wildman–Crippen LogP) is 4.00. The van der Waals surface area contributed by atoms with Crippen LogP contribution in [-0.2, 0) is 11.4 Å². The molecule has 0 radical (unpaired) electrons. The number of nitrogens with one attached hydrogen (secondary N) is 1. The van der Waals surface area contributed by atoms with E-state index in [4.69, 9.17) is 9.26 Å². The second kappa shape index (κ2) is 8.11. The maximum Gasteiger partial charge on any atom is 0.287 e. The van der Waals surface area contributed by atoms with E-state index in [0.29, 0.717) is 28.5 Å². The van der Waals surface area contributed by atoms with Crippen LogP contribution in [0.25, 0.3) is 5.65 Å². The summed E-state index contributed by atoms with van der Waals surface area (Å²) in [5.74, 6) is 1.28. The van der Waals surface area contributed by atoms with Crippen molar-refractivity contribution in [1.29, 1.82) is 0 Å². The molecule has 152 valence electrons. The number of anilines is 1. The lowest BCUT2D eigenvalue weighted by molar-refractivity contribution is -0.120. The van der Waals surface area contributed by atoms with E-state index in [9.17, 15) is 9.59 Å². The molecule has 2 aromatic heterocycles. The fraction of sp³-hybridized carbons (Fsp3) is 0.409. The van der Waals surface area contributed by atoms with Crippen LogP contribution in [0, 0.1) is 19.8 Å². The van der Waals surface area contributed by atoms with Crippen LogP contribution in [0.4, 0.5) is 5.69 Å². The molecule has 1 amide bonds. The number of carbonyl (C=O) groups excluding carboxylic acids is 1. The lowest BCUT2D eigenvalue weighted by Crippen LogP contribution is -2.25. The third-order valence-electron chi connectivity index (χ3n) is 5.27. The Morgan fingerprint density at radius 1 is 1.21 bits per heavy atom. The minimum Gasteiger partial charge on any atom is -0.485 e. The number of fused-ring (bicyclic) bond motifs is 1. The minimum absolute atomic E-state index is 0.0480. The van der Waals surface area contributed by atoms with Crippen molar-refractivity contribution in [2.75, 3.05) is 5.32 Å². The van der Waals surface area contributed by atoms with E-state index < -0.39 is 0 Å². The molecular weight excluding hydrogens is 370 g/mol. The van der Waals surface area contributed by atoms with E-state index in [1.807, 2.05) is 25.1 Å². The minimum atomic E-state index is -0.295. The molecule has 0 spiro atoms. The monoisotopic (exact) mass is 395 g/mol. The van der Waals surface area contributed by atoms with Crippen LogP contribution in [0.2, 0.25) is 0 Å². The molecule has 1 N–H and O–H groups in total. The first-order valence-corrected chi connectivity index (χ1v) is 10.0. The van der Waals surface area contributed by atoms with Crippen LogP contribution in [0.3, 0.4) is 0 Å². The fourth-order valence-electron chi connectivity index (χ4n) is 3.77.